The van der Waals surface area contributed by atoms with Gasteiger partial charge in [-0.3, -0.25) is 10.1 Å². The maximum absolute atomic E-state index is 12.2. The van der Waals surface area contributed by atoms with Crippen LogP contribution in [0.1, 0.15) is 29.4 Å². The number of carbonyl (C=O) groups excluding carboxylic acids is 1. The van der Waals surface area contributed by atoms with E-state index >= 15 is 0 Å². The van der Waals surface area contributed by atoms with Crippen molar-refractivity contribution in [2.75, 3.05) is 18.5 Å². The number of benzene rings is 1. The Hall–Kier alpha value is -2.50. The molecule has 0 saturated carbocycles. The molecule has 1 amide bonds. The van der Waals surface area contributed by atoms with Crippen molar-refractivity contribution >= 4 is 11.9 Å². The van der Waals surface area contributed by atoms with Gasteiger partial charge in [-0.05, 0) is 24.6 Å². The van der Waals surface area contributed by atoms with E-state index in [2.05, 4.69) is 10.3 Å². The summed E-state index contributed by atoms with van der Waals surface area (Å²) >= 11 is 0. The van der Waals surface area contributed by atoms with Gasteiger partial charge >= 0.3 is 6.01 Å². The Morgan fingerprint density at radius 3 is 2.86 bits per heavy atom. The second-order valence-electron chi connectivity index (χ2n) is 4.66. The van der Waals surface area contributed by atoms with Crippen molar-refractivity contribution < 1.29 is 18.7 Å². The van der Waals surface area contributed by atoms with Gasteiger partial charge in [-0.1, -0.05) is 6.92 Å². The topological polar surface area (TPSA) is 73.6 Å². The molecule has 0 spiro atoms. The molecule has 21 heavy (non-hydrogen) atoms. The van der Waals surface area contributed by atoms with Crippen LogP contribution in [0.2, 0.25) is 0 Å². The highest BCUT2D eigenvalue weighted by Gasteiger charge is 2.15. The third-order valence-corrected chi connectivity index (χ3v) is 3.14. The first kappa shape index (κ1) is 13.5. The molecule has 1 N–H and O–H groups in total. The van der Waals surface area contributed by atoms with Crippen LogP contribution in [0.15, 0.2) is 28.9 Å². The first-order valence-electron chi connectivity index (χ1n) is 6.91. The molecule has 2 heterocycles. The van der Waals surface area contributed by atoms with Crippen LogP contribution in [0.25, 0.3) is 0 Å². The summed E-state index contributed by atoms with van der Waals surface area (Å²) in [6.45, 7) is 3.17. The van der Waals surface area contributed by atoms with Crippen LogP contribution < -0.4 is 14.8 Å². The van der Waals surface area contributed by atoms with Crippen LogP contribution in [-0.4, -0.2) is 24.1 Å². The summed E-state index contributed by atoms with van der Waals surface area (Å²) in [7, 11) is 0. The number of ether oxygens (including phenoxy) is 2. The smallest absolute Gasteiger partial charge is 0.301 e. The maximum Gasteiger partial charge on any atom is 0.301 e. The number of nitrogens with one attached hydrogen (secondary N) is 1. The molecule has 3 rings (SSSR count). The third kappa shape index (κ3) is 2.99. The van der Waals surface area contributed by atoms with Crippen molar-refractivity contribution in [3.63, 3.8) is 0 Å². The molecule has 1 aromatic heterocycles. The molecule has 0 atom stereocenters. The second-order valence-corrected chi connectivity index (χ2v) is 4.66. The highest BCUT2D eigenvalue weighted by atomic mass is 16.5. The normalized spacial score (nSPS) is 13.6. The number of fused-ring (bicyclic) bond motifs is 1. The largest absolute Gasteiger partial charge is 0.490 e. The zero-order valence-corrected chi connectivity index (χ0v) is 11.7. The molecule has 0 fully saturated rings. The van der Waals surface area contributed by atoms with Gasteiger partial charge in [0.2, 0.25) is 0 Å². The fourth-order valence-electron chi connectivity index (χ4n) is 2.00. The van der Waals surface area contributed by atoms with Crippen LogP contribution in [-0.2, 0) is 6.42 Å². The van der Waals surface area contributed by atoms with E-state index in [0.717, 1.165) is 18.5 Å². The number of aromatic nitrogens is 1. The summed E-state index contributed by atoms with van der Waals surface area (Å²) in [6, 6.07) is 5.29. The number of aryl methyl sites for hydroxylation is 1. The zero-order chi connectivity index (χ0) is 14.7. The van der Waals surface area contributed by atoms with Gasteiger partial charge in [0.25, 0.3) is 5.91 Å². The van der Waals surface area contributed by atoms with Gasteiger partial charge in [-0.15, -0.1) is 0 Å². The monoisotopic (exact) mass is 288 g/mol. The number of rotatable bonds is 3. The first-order chi connectivity index (χ1) is 10.3. The SMILES string of the molecule is CCc1coc(NC(=O)c2ccc3c(c2)OCCCO3)n1. The highest BCUT2D eigenvalue weighted by Crippen LogP contribution is 2.30. The molecule has 1 aliphatic heterocycles. The molecule has 2 aromatic rings. The molecule has 110 valence electrons. The average Bonchev–Trinajstić information content (AvgIpc) is 2.82. The Morgan fingerprint density at radius 2 is 2.10 bits per heavy atom. The quantitative estimate of drug-likeness (QED) is 0.939. The van der Waals surface area contributed by atoms with Crippen LogP contribution in [0.4, 0.5) is 6.01 Å². The standard InChI is InChI=1S/C15H16N2O4/c1-2-11-9-21-15(16-11)17-14(18)10-4-5-12-13(8-10)20-7-3-6-19-12/h4-5,8-9H,2-3,6-7H2,1H3,(H,16,17,18). The van der Waals surface area contributed by atoms with Gasteiger partial charge in [-0.25, -0.2) is 0 Å². The summed E-state index contributed by atoms with van der Waals surface area (Å²) in [5, 5.41) is 2.62. The van der Waals surface area contributed by atoms with Crippen molar-refractivity contribution in [2.45, 2.75) is 19.8 Å². The Morgan fingerprint density at radius 1 is 1.29 bits per heavy atom. The second kappa shape index (κ2) is 5.87. The molecule has 0 aliphatic carbocycles. The van der Waals surface area contributed by atoms with E-state index in [1.807, 2.05) is 6.92 Å². The van der Waals surface area contributed by atoms with E-state index in [1.54, 1.807) is 18.2 Å². The van der Waals surface area contributed by atoms with Crippen molar-refractivity contribution in [1.82, 2.24) is 4.98 Å². The van der Waals surface area contributed by atoms with Gasteiger partial charge in [0.15, 0.2) is 11.5 Å². The molecule has 0 bridgehead atoms. The average molecular weight is 288 g/mol. The molecule has 0 unspecified atom stereocenters. The van der Waals surface area contributed by atoms with E-state index in [4.69, 9.17) is 13.9 Å². The molecule has 0 saturated heterocycles. The lowest BCUT2D eigenvalue weighted by Gasteiger charge is -2.08. The lowest BCUT2D eigenvalue weighted by atomic mass is 10.2. The van der Waals surface area contributed by atoms with Gasteiger partial charge in [0, 0.05) is 12.0 Å². The van der Waals surface area contributed by atoms with Gasteiger partial charge in [0.1, 0.15) is 6.26 Å². The lowest BCUT2D eigenvalue weighted by Crippen LogP contribution is -2.12. The summed E-state index contributed by atoms with van der Waals surface area (Å²) < 4.78 is 16.3. The highest BCUT2D eigenvalue weighted by molar-refractivity contribution is 6.03. The number of amides is 1. The number of anilines is 1. The Bertz CT molecular complexity index is 651. The van der Waals surface area contributed by atoms with Crippen molar-refractivity contribution in [2.24, 2.45) is 0 Å². The van der Waals surface area contributed by atoms with E-state index in [0.29, 0.717) is 30.3 Å². The minimum atomic E-state index is -0.296. The van der Waals surface area contributed by atoms with Crippen LogP contribution in [0.5, 0.6) is 11.5 Å². The van der Waals surface area contributed by atoms with Gasteiger partial charge in [-0.2, -0.15) is 4.98 Å². The summed E-state index contributed by atoms with van der Waals surface area (Å²) in [6.07, 6.45) is 3.11. The fraction of sp³-hybridized carbons (Fsp3) is 0.333. The van der Waals surface area contributed by atoms with Crippen molar-refractivity contribution in [1.29, 1.82) is 0 Å². The Kier molecular flexibility index (Phi) is 3.77. The Labute approximate surface area is 122 Å². The lowest BCUT2D eigenvalue weighted by molar-refractivity contribution is 0.102. The first-order valence-corrected chi connectivity index (χ1v) is 6.91. The molecule has 6 heteroatoms. The molecule has 1 aliphatic rings. The number of hydrogen-bond acceptors (Lipinski definition) is 5. The van der Waals surface area contributed by atoms with Gasteiger partial charge in [0.05, 0.1) is 18.9 Å². The van der Waals surface area contributed by atoms with E-state index < -0.39 is 0 Å². The predicted octanol–water partition coefficient (Wildman–Crippen LogP) is 2.65. The summed E-state index contributed by atoms with van der Waals surface area (Å²) in [4.78, 5) is 16.3. The number of nitrogens with zero attached hydrogens (tertiary/aromatic N) is 1. The Balaban J connectivity index is 1.76. The van der Waals surface area contributed by atoms with Gasteiger partial charge < -0.3 is 13.9 Å². The molecule has 0 radical (unpaired) electrons. The molecule has 6 nitrogen and oxygen atoms in total. The molecule has 1 aromatic carbocycles. The third-order valence-electron chi connectivity index (χ3n) is 3.14. The number of oxazole rings is 1. The predicted molar refractivity (Wildman–Crippen MR) is 75.9 cm³/mol. The van der Waals surface area contributed by atoms with E-state index in [-0.39, 0.29) is 11.9 Å². The summed E-state index contributed by atoms with van der Waals surface area (Å²) in [5.74, 6) is 0.949. The fourth-order valence-corrected chi connectivity index (χ4v) is 2.00. The number of carbonyl (C=O) groups is 1. The number of hydrogen-bond donors (Lipinski definition) is 1. The maximum atomic E-state index is 12.2. The molecular formula is C15H16N2O4. The van der Waals surface area contributed by atoms with E-state index in [1.165, 1.54) is 6.26 Å². The molecular weight excluding hydrogens is 272 g/mol. The van der Waals surface area contributed by atoms with Crippen LogP contribution in [0.3, 0.4) is 0 Å². The van der Waals surface area contributed by atoms with E-state index in [9.17, 15) is 4.79 Å². The zero-order valence-electron chi connectivity index (χ0n) is 11.7. The van der Waals surface area contributed by atoms with Crippen LogP contribution >= 0.6 is 0 Å². The van der Waals surface area contributed by atoms with Crippen LogP contribution in [0, 0.1) is 0 Å². The van der Waals surface area contributed by atoms with Crippen molar-refractivity contribution in [3.8, 4) is 11.5 Å². The minimum Gasteiger partial charge on any atom is -0.490 e. The van der Waals surface area contributed by atoms with Crippen molar-refractivity contribution in [3.05, 3.63) is 35.7 Å². The minimum absolute atomic E-state index is 0.198. The summed E-state index contributed by atoms with van der Waals surface area (Å²) in [5.41, 5.74) is 1.26.